The summed E-state index contributed by atoms with van der Waals surface area (Å²) < 4.78 is 9.90. The van der Waals surface area contributed by atoms with Gasteiger partial charge in [0.2, 0.25) is 5.78 Å². The third kappa shape index (κ3) is 3.32. The van der Waals surface area contributed by atoms with Crippen molar-refractivity contribution in [2.24, 2.45) is 0 Å². The number of ketones is 1. The molecule has 0 bridgehead atoms. The van der Waals surface area contributed by atoms with Gasteiger partial charge in [0.1, 0.15) is 0 Å². The molecule has 0 aromatic carbocycles. The Bertz CT molecular complexity index is 269. The van der Waals surface area contributed by atoms with E-state index in [-0.39, 0.29) is 5.78 Å². The molecule has 0 fully saturated rings. The smallest absolute Gasteiger partial charge is 0.211 e. The zero-order valence-corrected chi connectivity index (χ0v) is 8.53. The number of carbonyl (C=O) groups excluding carboxylic acids is 1. The lowest BCUT2D eigenvalue weighted by molar-refractivity contribution is 0.0896. The predicted octanol–water partition coefficient (Wildman–Crippen LogP) is 1.04. The van der Waals surface area contributed by atoms with Gasteiger partial charge in [-0.3, -0.25) is 9.69 Å². The molecule has 0 aliphatic carbocycles. The largest absolute Gasteiger partial charge is 0.461 e. The van der Waals surface area contributed by atoms with Gasteiger partial charge < -0.3 is 9.15 Å². The van der Waals surface area contributed by atoms with Crippen molar-refractivity contribution in [3.8, 4) is 0 Å². The highest BCUT2D eigenvalue weighted by Gasteiger charge is 2.10. The highest BCUT2D eigenvalue weighted by molar-refractivity contribution is 5.94. The topological polar surface area (TPSA) is 42.7 Å². The molecule has 0 N–H and O–H groups in total. The summed E-state index contributed by atoms with van der Waals surface area (Å²) in [7, 11) is 3.52. The van der Waals surface area contributed by atoms with E-state index in [0.717, 1.165) is 6.54 Å². The first-order valence-electron chi connectivity index (χ1n) is 4.48. The molecule has 14 heavy (non-hydrogen) atoms. The molecule has 1 heterocycles. The summed E-state index contributed by atoms with van der Waals surface area (Å²) in [5.41, 5.74) is 0. The number of furan rings is 1. The molecule has 4 heteroatoms. The number of rotatable bonds is 6. The molecule has 0 radical (unpaired) electrons. The number of carbonyl (C=O) groups is 1. The van der Waals surface area contributed by atoms with Crippen molar-refractivity contribution >= 4 is 5.78 Å². The molecule has 1 rings (SSSR count). The van der Waals surface area contributed by atoms with Crippen molar-refractivity contribution in [1.29, 1.82) is 0 Å². The van der Waals surface area contributed by atoms with E-state index in [2.05, 4.69) is 0 Å². The fourth-order valence-corrected chi connectivity index (χ4v) is 1.09. The monoisotopic (exact) mass is 197 g/mol. The van der Waals surface area contributed by atoms with E-state index in [4.69, 9.17) is 9.15 Å². The van der Waals surface area contributed by atoms with E-state index in [1.54, 1.807) is 19.2 Å². The molecule has 0 saturated heterocycles. The minimum absolute atomic E-state index is 0.00592. The van der Waals surface area contributed by atoms with E-state index in [1.165, 1.54) is 6.26 Å². The van der Waals surface area contributed by atoms with Crippen LogP contribution in [0.4, 0.5) is 0 Å². The first kappa shape index (κ1) is 10.9. The minimum atomic E-state index is -0.00592. The van der Waals surface area contributed by atoms with Crippen LogP contribution in [0.1, 0.15) is 10.6 Å². The molecule has 4 nitrogen and oxygen atoms in total. The summed E-state index contributed by atoms with van der Waals surface area (Å²) in [4.78, 5) is 13.4. The van der Waals surface area contributed by atoms with Crippen LogP contribution in [-0.4, -0.2) is 44.5 Å². The molecule has 1 aromatic rings. The zero-order valence-electron chi connectivity index (χ0n) is 8.53. The Hall–Kier alpha value is -1.13. The van der Waals surface area contributed by atoms with Crippen molar-refractivity contribution in [3.05, 3.63) is 24.2 Å². The van der Waals surface area contributed by atoms with Gasteiger partial charge in [0.15, 0.2) is 5.76 Å². The number of hydrogen-bond donors (Lipinski definition) is 0. The molecule has 0 saturated carbocycles. The Morgan fingerprint density at radius 1 is 1.64 bits per heavy atom. The fraction of sp³-hybridized carbons (Fsp3) is 0.500. The summed E-state index contributed by atoms with van der Waals surface area (Å²) in [5, 5.41) is 0. The quantitative estimate of drug-likeness (QED) is 0.639. The van der Waals surface area contributed by atoms with Crippen molar-refractivity contribution in [2.45, 2.75) is 0 Å². The van der Waals surface area contributed by atoms with E-state index in [0.29, 0.717) is 18.9 Å². The second-order valence-corrected chi connectivity index (χ2v) is 3.13. The van der Waals surface area contributed by atoms with Crippen molar-refractivity contribution in [1.82, 2.24) is 4.90 Å². The molecule has 0 aliphatic heterocycles. The molecule has 0 unspecified atom stereocenters. The number of hydrogen-bond acceptors (Lipinski definition) is 4. The van der Waals surface area contributed by atoms with Crippen LogP contribution in [0, 0.1) is 0 Å². The highest BCUT2D eigenvalue weighted by atomic mass is 16.5. The molecular weight excluding hydrogens is 182 g/mol. The Morgan fingerprint density at radius 2 is 2.43 bits per heavy atom. The number of likely N-dealkylation sites (N-methyl/N-ethyl adjacent to an activating group) is 1. The van der Waals surface area contributed by atoms with Gasteiger partial charge in [-0.15, -0.1) is 0 Å². The van der Waals surface area contributed by atoms with Gasteiger partial charge in [-0.25, -0.2) is 0 Å². The summed E-state index contributed by atoms with van der Waals surface area (Å²) in [6.45, 7) is 1.72. The SMILES string of the molecule is COCCN(C)CC(=O)c1ccco1. The lowest BCUT2D eigenvalue weighted by Gasteiger charge is -2.13. The molecule has 0 amide bonds. The van der Waals surface area contributed by atoms with Gasteiger partial charge >= 0.3 is 0 Å². The zero-order chi connectivity index (χ0) is 10.4. The van der Waals surface area contributed by atoms with Crippen LogP contribution in [0.25, 0.3) is 0 Å². The molecular formula is C10H15NO3. The third-order valence-electron chi connectivity index (χ3n) is 1.89. The highest BCUT2D eigenvalue weighted by Crippen LogP contribution is 2.01. The van der Waals surface area contributed by atoms with Gasteiger partial charge in [0.05, 0.1) is 19.4 Å². The Balaban J connectivity index is 2.34. The van der Waals surface area contributed by atoms with Gasteiger partial charge in [0.25, 0.3) is 0 Å². The molecule has 78 valence electrons. The summed E-state index contributed by atoms with van der Waals surface area (Å²) in [6, 6.07) is 3.38. The second kappa shape index (κ2) is 5.57. The Kier molecular flexibility index (Phi) is 4.35. The second-order valence-electron chi connectivity index (χ2n) is 3.13. The van der Waals surface area contributed by atoms with Crippen molar-refractivity contribution in [3.63, 3.8) is 0 Å². The summed E-state index contributed by atoms with van der Waals surface area (Å²) in [5.74, 6) is 0.405. The molecule has 0 spiro atoms. The van der Waals surface area contributed by atoms with Crippen LogP contribution >= 0.6 is 0 Å². The van der Waals surface area contributed by atoms with Gasteiger partial charge in [-0.2, -0.15) is 0 Å². The number of nitrogens with zero attached hydrogens (tertiary/aromatic N) is 1. The first-order valence-corrected chi connectivity index (χ1v) is 4.48. The Labute approximate surface area is 83.5 Å². The van der Waals surface area contributed by atoms with Gasteiger partial charge in [-0.1, -0.05) is 0 Å². The average molecular weight is 197 g/mol. The van der Waals surface area contributed by atoms with E-state index >= 15 is 0 Å². The Morgan fingerprint density at radius 3 is 3.00 bits per heavy atom. The van der Waals surface area contributed by atoms with E-state index in [9.17, 15) is 4.79 Å². The van der Waals surface area contributed by atoms with Crippen LogP contribution in [-0.2, 0) is 4.74 Å². The van der Waals surface area contributed by atoms with Crippen LogP contribution in [0.15, 0.2) is 22.8 Å². The standard InChI is InChI=1S/C10H15NO3/c1-11(5-7-13-2)8-9(12)10-4-3-6-14-10/h3-4,6H,5,7-8H2,1-2H3. The average Bonchev–Trinajstić information content (AvgIpc) is 2.67. The summed E-state index contributed by atoms with van der Waals surface area (Å²) >= 11 is 0. The predicted molar refractivity (Wildman–Crippen MR) is 52.4 cm³/mol. The first-order chi connectivity index (χ1) is 6.74. The molecule has 1 aromatic heterocycles. The maximum absolute atomic E-state index is 11.5. The van der Waals surface area contributed by atoms with E-state index in [1.807, 2.05) is 11.9 Å². The molecule has 0 aliphatic rings. The van der Waals surface area contributed by atoms with Crippen LogP contribution in [0.3, 0.4) is 0 Å². The van der Waals surface area contributed by atoms with Crippen molar-refractivity contribution in [2.75, 3.05) is 33.9 Å². The lowest BCUT2D eigenvalue weighted by atomic mass is 10.3. The van der Waals surface area contributed by atoms with Crippen LogP contribution in [0.2, 0.25) is 0 Å². The number of ether oxygens (including phenoxy) is 1. The van der Waals surface area contributed by atoms with Crippen molar-refractivity contribution < 1.29 is 13.9 Å². The van der Waals surface area contributed by atoms with E-state index < -0.39 is 0 Å². The third-order valence-corrected chi connectivity index (χ3v) is 1.89. The maximum atomic E-state index is 11.5. The van der Waals surface area contributed by atoms with Crippen LogP contribution in [0.5, 0.6) is 0 Å². The lowest BCUT2D eigenvalue weighted by Crippen LogP contribution is -2.28. The summed E-state index contributed by atoms with van der Waals surface area (Å²) in [6.07, 6.45) is 1.50. The molecule has 0 atom stereocenters. The maximum Gasteiger partial charge on any atom is 0.211 e. The number of methoxy groups -OCH3 is 1. The van der Waals surface area contributed by atoms with Gasteiger partial charge in [-0.05, 0) is 19.2 Å². The fourth-order valence-electron chi connectivity index (χ4n) is 1.09. The number of Topliss-reactive ketones (excluding diaryl/α,β-unsaturated/α-hetero) is 1. The normalized spacial score (nSPS) is 10.8. The minimum Gasteiger partial charge on any atom is -0.461 e. The van der Waals surface area contributed by atoms with Crippen LogP contribution < -0.4 is 0 Å². The van der Waals surface area contributed by atoms with Gasteiger partial charge in [0, 0.05) is 13.7 Å².